The van der Waals surface area contributed by atoms with Crippen molar-refractivity contribution in [1.82, 2.24) is 15.4 Å². The number of ether oxygens (including phenoxy) is 1. The highest BCUT2D eigenvalue weighted by Gasteiger charge is 2.27. The number of benzene rings is 2. The van der Waals surface area contributed by atoms with Crippen LogP contribution in [0.2, 0.25) is 5.02 Å². The standard InChI is InChI=1S/C23H22ClN3O4/c1-15-21(22(26-31-15)17-9-5-6-10-18(17)24)23(29)25-13-20(28)27-11-12-30-19(14-27)16-7-3-2-4-8-16/h2-10,19H,11-14H2,1H3,(H,25,29). The van der Waals surface area contributed by atoms with E-state index in [1.165, 1.54) is 0 Å². The van der Waals surface area contributed by atoms with Gasteiger partial charge in [0, 0.05) is 12.1 Å². The lowest BCUT2D eigenvalue weighted by Crippen LogP contribution is -2.46. The van der Waals surface area contributed by atoms with E-state index < -0.39 is 5.91 Å². The summed E-state index contributed by atoms with van der Waals surface area (Å²) in [5.41, 5.74) is 2.23. The third kappa shape index (κ3) is 4.62. The van der Waals surface area contributed by atoms with E-state index in [1.54, 1.807) is 36.1 Å². The Morgan fingerprint density at radius 2 is 1.90 bits per heavy atom. The molecule has 0 radical (unpaired) electrons. The van der Waals surface area contributed by atoms with E-state index in [9.17, 15) is 9.59 Å². The van der Waals surface area contributed by atoms with Gasteiger partial charge < -0.3 is 19.5 Å². The number of halogens is 1. The minimum Gasteiger partial charge on any atom is -0.370 e. The number of aromatic nitrogens is 1. The van der Waals surface area contributed by atoms with Crippen molar-refractivity contribution in [2.75, 3.05) is 26.2 Å². The number of aryl methyl sites for hydroxylation is 1. The van der Waals surface area contributed by atoms with E-state index >= 15 is 0 Å². The summed E-state index contributed by atoms with van der Waals surface area (Å²) in [6.45, 7) is 2.88. The van der Waals surface area contributed by atoms with Gasteiger partial charge in [0.25, 0.3) is 5.91 Å². The molecule has 0 spiro atoms. The fourth-order valence-corrected chi connectivity index (χ4v) is 3.80. The first-order valence-corrected chi connectivity index (χ1v) is 10.4. The van der Waals surface area contributed by atoms with Gasteiger partial charge in [-0.1, -0.05) is 65.3 Å². The van der Waals surface area contributed by atoms with Crippen molar-refractivity contribution < 1.29 is 18.8 Å². The van der Waals surface area contributed by atoms with Gasteiger partial charge in [-0.05, 0) is 18.6 Å². The summed E-state index contributed by atoms with van der Waals surface area (Å²) in [5, 5.41) is 7.15. The molecule has 1 aromatic heterocycles. The van der Waals surface area contributed by atoms with Gasteiger partial charge in [0.15, 0.2) is 0 Å². The molecular formula is C23H22ClN3O4. The Hall–Kier alpha value is -3.16. The number of carbonyl (C=O) groups is 2. The third-order valence-electron chi connectivity index (χ3n) is 5.21. The first-order chi connectivity index (χ1) is 15.0. The molecule has 1 aliphatic rings. The molecule has 8 heteroatoms. The lowest BCUT2D eigenvalue weighted by atomic mass is 10.1. The summed E-state index contributed by atoms with van der Waals surface area (Å²) in [5.74, 6) is -0.253. The number of morpholine rings is 1. The van der Waals surface area contributed by atoms with Crippen molar-refractivity contribution in [3.05, 3.63) is 76.5 Å². The van der Waals surface area contributed by atoms with Gasteiger partial charge in [-0.3, -0.25) is 9.59 Å². The maximum Gasteiger partial charge on any atom is 0.257 e. The zero-order valence-electron chi connectivity index (χ0n) is 17.0. The predicted molar refractivity (Wildman–Crippen MR) is 116 cm³/mol. The van der Waals surface area contributed by atoms with Crippen molar-refractivity contribution >= 4 is 23.4 Å². The molecular weight excluding hydrogens is 418 g/mol. The Kier molecular flexibility index (Phi) is 6.34. The SMILES string of the molecule is Cc1onc(-c2ccccc2Cl)c1C(=O)NCC(=O)N1CCOC(c2ccccc2)C1. The summed E-state index contributed by atoms with van der Waals surface area (Å²) in [4.78, 5) is 27.3. The second-order valence-corrected chi connectivity index (χ2v) is 7.64. The molecule has 1 saturated heterocycles. The highest BCUT2D eigenvalue weighted by molar-refractivity contribution is 6.33. The lowest BCUT2D eigenvalue weighted by Gasteiger charge is -2.33. The second-order valence-electron chi connectivity index (χ2n) is 7.23. The van der Waals surface area contributed by atoms with Gasteiger partial charge in [0.05, 0.1) is 24.7 Å². The van der Waals surface area contributed by atoms with Gasteiger partial charge in [-0.15, -0.1) is 0 Å². The van der Waals surface area contributed by atoms with Crippen molar-refractivity contribution in [3.63, 3.8) is 0 Å². The highest BCUT2D eigenvalue weighted by Crippen LogP contribution is 2.31. The Balaban J connectivity index is 1.42. The summed E-state index contributed by atoms with van der Waals surface area (Å²) >= 11 is 6.25. The first-order valence-electron chi connectivity index (χ1n) is 9.98. The average molecular weight is 440 g/mol. The van der Waals surface area contributed by atoms with Crippen molar-refractivity contribution in [3.8, 4) is 11.3 Å². The van der Waals surface area contributed by atoms with Crippen molar-refractivity contribution in [2.45, 2.75) is 13.0 Å². The number of amides is 2. The van der Waals surface area contributed by atoms with E-state index in [1.807, 2.05) is 30.3 Å². The van der Waals surface area contributed by atoms with Gasteiger partial charge in [-0.2, -0.15) is 0 Å². The molecule has 7 nitrogen and oxygen atoms in total. The van der Waals surface area contributed by atoms with Crippen LogP contribution in [0.4, 0.5) is 0 Å². The van der Waals surface area contributed by atoms with Crippen LogP contribution in [0.5, 0.6) is 0 Å². The molecule has 0 aliphatic carbocycles. The van der Waals surface area contributed by atoms with E-state index in [2.05, 4.69) is 10.5 Å². The molecule has 1 fully saturated rings. The highest BCUT2D eigenvalue weighted by atomic mass is 35.5. The van der Waals surface area contributed by atoms with Crippen LogP contribution < -0.4 is 5.32 Å². The van der Waals surface area contributed by atoms with Crippen molar-refractivity contribution in [1.29, 1.82) is 0 Å². The van der Waals surface area contributed by atoms with Crippen LogP contribution >= 0.6 is 11.6 Å². The minimum absolute atomic E-state index is 0.132. The van der Waals surface area contributed by atoms with E-state index in [-0.39, 0.29) is 24.1 Å². The number of rotatable bonds is 5. The van der Waals surface area contributed by atoms with Crippen LogP contribution in [0.15, 0.2) is 59.1 Å². The molecule has 160 valence electrons. The van der Waals surface area contributed by atoms with E-state index in [0.717, 1.165) is 5.56 Å². The summed E-state index contributed by atoms with van der Waals surface area (Å²) < 4.78 is 11.0. The monoisotopic (exact) mass is 439 g/mol. The molecule has 0 bridgehead atoms. The van der Waals surface area contributed by atoms with E-state index in [0.29, 0.717) is 41.7 Å². The molecule has 1 aliphatic heterocycles. The molecule has 2 amide bonds. The van der Waals surface area contributed by atoms with Crippen LogP contribution in [0, 0.1) is 6.92 Å². The summed E-state index contributed by atoms with van der Waals surface area (Å²) in [6, 6.07) is 16.9. The number of nitrogens with zero attached hydrogens (tertiary/aromatic N) is 2. The quantitative estimate of drug-likeness (QED) is 0.656. The minimum atomic E-state index is -0.435. The van der Waals surface area contributed by atoms with Gasteiger partial charge in [0.1, 0.15) is 23.1 Å². The molecule has 3 aromatic rings. The first kappa shape index (κ1) is 21.1. The van der Waals surface area contributed by atoms with Crippen LogP contribution in [0.3, 0.4) is 0 Å². The van der Waals surface area contributed by atoms with Crippen LogP contribution in [0.1, 0.15) is 27.8 Å². The van der Waals surface area contributed by atoms with Gasteiger partial charge >= 0.3 is 0 Å². The third-order valence-corrected chi connectivity index (χ3v) is 5.54. The molecule has 0 saturated carbocycles. The Bertz CT molecular complexity index is 1080. The number of carbonyl (C=O) groups excluding carboxylic acids is 2. The molecule has 2 heterocycles. The molecule has 1 N–H and O–H groups in total. The molecule has 31 heavy (non-hydrogen) atoms. The molecule has 1 unspecified atom stereocenters. The zero-order chi connectivity index (χ0) is 21.8. The lowest BCUT2D eigenvalue weighted by molar-refractivity contribution is -0.137. The smallest absolute Gasteiger partial charge is 0.257 e. The second kappa shape index (κ2) is 9.32. The van der Waals surface area contributed by atoms with Crippen LogP contribution in [-0.4, -0.2) is 48.1 Å². The van der Waals surface area contributed by atoms with E-state index in [4.69, 9.17) is 20.9 Å². The Morgan fingerprint density at radius 3 is 2.68 bits per heavy atom. The van der Waals surface area contributed by atoms with Crippen LogP contribution in [-0.2, 0) is 9.53 Å². The molecule has 1 atom stereocenters. The Morgan fingerprint density at radius 1 is 1.16 bits per heavy atom. The fourth-order valence-electron chi connectivity index (χ4n) is 3.58. The number of nitrogens with one attached hydrogen (secondary N) is 1. The number of hydrogen-bond donors (Lipinski definition) is 1. The normalized spacial score (nSPS) is 16.2. The average Bonchev–Trinajstić information content (AvgIpc) is 3.19. The molecule has 2 aromatic carbocycles. The Labute approximate surface area is 184 Å². The maximum absolute atomic E-state index is 12.9. The maximum atomic E-state index is 12.9. The summed E-state index contributed by atoms with van der Waals surface area (Å²) in [7, 11) is 0. The topological polar surface area (TPSA) is 84.7 Å². The molecule has 4 rings (SSSR count). The number of hydrogen-bond acceptors (Lipinski definition) is 5. The van der Waals surface area contributed by atoms with Crippen LogP contribution in [0.25, 0.3) is 11.3 Å². The van der Waals surface area contributed by atoms with Crippen molar-refractivity contribution in [2.24, 2.45) is 0 Å². The fraction of sp³-hybridized carbons (Fsp3) is 0.261. The zero-order valence-corrected chi connectivity index (χ0v) is 17.8. The largest absolute Gasteiger partial charge is 0.370 e. The predicted octanol–water partition coefficient (Wildman–Crippen LogP) is 3.63. The van der Waals surface area contributed by atoms with Gasteiger partial charge in [0.2, 0.25) is 5.91 Å². The summed E-state index contributed by atoms with van der Waals surface area (Å²) in [6.07, 6.45) is -0.179. The van der Waals surface area contributed by atoms with Gasteiger partial charge in [-0.25, -0.2) is 0 Å².